The first-order chi connectivity index (χ1) is 10.6. The Morgan fingerprint density at radius 2 is 1.86 bits per heavy atom. The summed E-state index contributed by atoms with van der Waals surface area (Å²) in [5.41, 5.74) is 1.06. The van der Waals surface area contributed by atoms with Crippen LogP contribution in [0.5, 0.6) is 0 Å². The molecule has 122 valence electrons. The monoisotopic (exact) mass is 342 g/mol. The van der Waals surface area contributed by atoms with Crippen LogP contribution in [0.15, 0.2) is 30.3 Å². The Labute approximate surface area is 135 Å². The molecule has 2 saturated heterocycles. The van der Waals surface area contributed by atoms with Crippen LogP contribution in [-0.2, 0) is 18.7 Å². The van der Waals surface area contributed by atoms with Crippen LogP contribution in [0.2, 0.25) is 0 Å². The van der Waals surface area contributed by atoms with Gasteiger partial charge in [0, 0.05) is 19.3 Å². The van der Waals surface area contributed by atoms with E-state index >= 15 is 0 Å². The molecule has 0 aliphatic carbocycles. The molecule has 6 heteroatoms. The van der Waals surface area contributed by atoms with Crippen LogP contribution in [0, 0.1) is 11.8 Å². The molecular weight excluding hydrogens is 318 g/mol. The summed E-state index contributed by atoms with van der Waals surface area (Å²) in [6, 6.07) is 10.1. The molecule has 2 aliphatic heterocycles. The van der Waals surface area contributed by atoms with Crippen LogP contribution >= 0.6 is 16.8 Å². The predicted octanol–water partition coefficient (Wildman–Crippen LogP) is 3.93. The van der Waals surface area contributed by atoms with Crippen molar-refractivity contribution in [1.82, 2.24) is 0 Å². The largest absolute Gasteiger partial charge is 0.346 e. The van der Waals surface area contributed by atoms with E-state index in [0.29, 0.717) is 18.4 Å². The molecule has 0 saturated carbocycles. The summed E-state index contributed by atoms with van der Waals surface area (Å²) in [5.74, 6) is 0.653. The minimum atomic E-state index is -0.529. The maximum absolute atomic E-state index is 6.21. The number of hydrogen-bond donors (Lipinski definition) is 0. The summed E-state index contributed by atoms with van der Waals surface area (Å²) >= 11 is 0. The van der Waals surface area contributed by atoms with E-state index in [9.17, 15) is 0 Å². The van der Waals surface area contributed by atoms with Gasteiger partial charge in [0.25, 0.3) is 0 Å². The highest BCUT2D eigenvalue weighted by Gasteiger charge is 2.46. The summed E-state index contributed by atoms with van der Waals surface area (Å²) in [5, 5.41) is 0. The average Bonchev–Trinajstić information content (AvgIpc) is 2.52. The quantitative estimate of drug-likeness (QED) is 0.780. The maximum atomic E-state index is 6.21. The fourth-order valence-corrected chi connectivity index (χ4v) is 3.97. The maximum Gasteiger partial charge on any atom is 0.184 e. The zero-order chi connectivity index (χ0) is 15.7. The lowest BCUT2D eigenvalue weighted by Gasteiger charge is -2.48. The van der Waals surface area contributed by atoms with Gasteiger partial charge in [-0.25, -0.2) is 0 Å². The third-order valence-corrected chi connectivity index (χ3v) is 5.39. The van der Waals surface area contributed by atoms with Gasteiger partial charge in [-0.1, -0.05) is 53.1 Å². The molecule has 0 N–H and O–H groups in total. The Kier molecular flexibility index (Phi) is 5.50. The van der Waals surface area contributed by atoms with Gasteiger partial charge in [-0.3, -0.25) is 0 Å². The van der Waals surface area contributed by atoms with Crippen LogP contribution in [0.3, 0.4) is 0 Å². The average molecular weight is 342 g/mol. The Bertz CT molecular complexity index is 482. The summed E-state index contributed by atoms with van der Waals surface area (Å²) in [7, 11) is 2.19. The fourth-order valence-electron chi connectivity index (χ4n) is 3.04. The summed E-state index contributed by atoms with van der Waals surface area (Å²) in [6.07, 6.45) is -0.494. The fraction of sp³-hybridized carbons (Fsp3) is 0.625. The lowest BCUT2D eigenvalue weighted by Crippen LogP contribution is -2.55. The first-order valence-electron chi connectivity index (χ1n) is 7.69. The Morgan fingerprint density at radius 1 is 1.14 bits per heavy atom. The topological polar surface area (TPSA) is 36.9 Å². The zero-order valence-electron chi connectivity index (χ0n) is 13.2. The highest BCUT2D eigenvalue weighted by molar-refractivity contribution is 8.10. The van der Waals surface area contributed by atoms with Crippen molar-refractivity contribution in [2.75, 3.05) is 13.3 Å². The van der Waals surface area contributed by atoms with E-state index in [4.69, 9.17) is 18.7 Å². The minimum absolute atomic E-state index is 0.0430. The molecule has 0 radical (unpaired) electrons. The molecule has 3 rings (SSSR count). The molecule has 0 spiro atoms. The second kappa shape index (κ2) is 7.21. The zero-order valence-corrected chi connectivity index (χ0v) is 15.3. The van der Waals surface area contributed by atoms with E-state index in [1.807, 2.05) is 30.3 Å². The van der Waals surface area contributed by atoms with Crippen LogP contribution in [0.1, 0.15) is 25.7 Å². The normalized spacial score (nSPS) is 40.0. The van der Waals surface area contributed by atoms with Gasteiger partial charge in [-0.2, -0.15) is 0 Å². The molecule has 4 nitrogen and oxygen atoms in total. The number of benzene rings is 1. The van der Waals surface area contributed by atoms with E-state index in [0.717, 1.165) is 5.56 Å². The predicted molar refractivity (Wildman–Crippen MR) is 90.6 cm³/mol. The van der Waals surface area contributed by atoms with Gasteiger partial charge < -0.3 is 18.7 Å². The molecule has 0 bridgehead atoms. The molecule has 0 aromatic heterocycles. The molecule has 2 heterocycles. The second-order valence-electron chi connectivity index (χ2n) is 6.09. The van der Waals surface area contributed by atoms with Crippen LogP contribution in [0.4, 0.5) is 0 Å². The van der Waals surface area contributed by atoms with E-state index in [1.54, 1.807) is 0 Å². The molecule has 8 atom stereocenters. The van der Waals surface area contributed by atoms with Crippen molar-refractivity contribution in [3.8, 4) is 0 Å². The van der Waals surface area contributed by atoms with Crippen molar-refractivity contribution in [1.29, 1.82) is 0 Å². The van der Waals surface area contributed by atoms with E-state index in [2.05, 4.69) is 29.4 Å². The lowest BCUT2D eigenvalue weighted by molar-refractivity contribution is -0.330. The highest BCUT2D eigenvalue weighted by atomic mass is 32.0. The number of ether oxygens (including phenoxy) is 3. The number of rotatable bonds is 3. The van der Waals surface area contributed by atoms with E-state index in [1.165, 1.54) is 0 Å². The van der Waals surface area contributed by atoms with Crippen molar-refractivity contribution in [3.05, 3.63) is 35.9 Å². The van der Waals surface area contributed by atoms with Gasteiger partial charge >= 0.3 is 0 Å². The molecule has 1 aromatic carbocycles. The SMILES string of the molecule is CC1[C@H](OP(C)P)OC2COC(c3ccccc3)O[C@@H]2[C@@H]1C. The Hall–Kier alpha value is -0.0800. The van der Waals surface area contributed by atoms with Crippen molar-refractivity contribution in [2.24, 2.45) is 11.8 Å². The second-order valence-corrected chi connectivity index (χ2v) is 9.57. The van der Waals surface area contributed by atoms with Crippen molar-refractivity contribution < 1.29 is 18.7 Å². The summed E-state index contributed by atoms with van der Waals surface area (Å²) in [6.45, 7) is 6.99. The van der Waals surface area contributed by atoms with Gasteiger partial charge in [-0.15, -0.1) is 0 Å². The Balaban J connectivity index is 1.70. The van der Waals surface area contributed by atoms with Gasteiger partial charge in [0.05, 0.1) is 12.7 Å². The standard InChI is InChI=1S/C16H24O4P2/c1-10-11(2)15(20-22(3)21)18-13-9-17-16(19-14(10)13)12-7-5-4-6-8-12/h4-8,10-11,13-16H,9,21H2,1-3H3/t10-,11?,13?,14-,15+,16?,22?/m1/s1. The molecule has 2 fully saturated rings. The smallest absolute Gasteiger partial charge is 0.184 e. The van der Waals surface area contributed by atoms with Crippen LogP contribution in [0.25, 0.3) is 0 Å². The highest BCUT2D eigenvalue weighted by Crippen LogP contribution is 2.47. The Morgan fingerprint density at radius 3 is 2.55 bits per heavy atom. The lowest BCUT2D eigenvalue weighted by atomic mass is 9.84. The third kappa shape index (κ3) is 3.53. The molecule has 0 amide bonds. The molecule has 1 aromatic rings. The summed E-state index contributed by atoms with van der Waals surface area (Å²) in [4.78, 5) is 0. The van der Waals surface area contributed by atoms with Gasteiger partial charge in [0.1, 0.15) is 6.10 Å². The molecule has 5 unspecified atom stereocenters. The molecule has 22 heavy (non-hydrogen) atoms. The first kappa shape index (κ1) is 16.8. The molecule has 2 aliphatic rings. The molecular formula is C16H24O4P2. The third-order valence-electron chi connectivity index (χ3n) is 4.49. The van der Waals surface area contributed by atoms with E-state index in [-0.39, 0.29) is 24.8 Å². The minimum Gasteiger partial charge on any atom is -0.346 e. The summed E-state index contributed by atoms with van der Waals surface area (Å²) < 4.78 is 24.1. The van der Waals surface area contributed by atoms with E-state index < -0.39 is 7.84 Å². The number of fused-ring (bicyclic) bond motifs is 1. The van der Waals surface area contributed by atoms with Gasteiger partial charge in [0.15, 0.2) is 12.6 Å². The van der Waals surface area contributed by atoms with Gasteiger partial charge in [-0.05, 0) is 12.6 Å². The van der Waals surface area contributed by atoms with Crippen LogP contribution in [-0.4, -0.2) is 31.8 Å². The van der Waals surface area contributed by atoms with Crippen molar-refractivity contribution >= 4 is 16.8 Å². The first-order valence-corrected chi connectivity index (χ1v) is 11.0. The van der Waals surface area contributed by atoms with Crippen molar-refractivity contribution in [3.63, 3.8) is 0 Å². The van der Waals surface area contributed by atoms with Crippen LogP contribution < -0.4 is 0 Å². The van der Waals surface area contributed by atoms with Gasteiger partial charge in [0.2, 0.25) is 0 Å². The van der Waals surface area contributed by atoms with Crippen molar-refractivity contribution in [2.45, 2.75) is 38.6 Å². The number of hydrogen-bond acceptors (Lipinski definition) is 4.